The molecule has 5 nitrogen and oxygen atoms in total. The van der Waals surface area contributed by atoms with E-state index in [0.29, 0.717) is 12.1 Å². The Morgan fingerprint density at radius 2 is 2.20 bits per heavy atom. The van der Waals surface area contributed by atoms with Crippen LogP contribution in [0.3, 0.4) is 0 Å². The van der Waals surface area contributed by atoms with Gasteiger partial charge >= 0.3 is 0 Å². The number of rotatable bonds is 3. The van der Waals surface area contributed by atoms with Crippen LogP contribution < -0.4 is 5.56 Å². The van der Waals surface area contributed by atoms with Crippen LogP contribution in [0.5, 0.6) is 0 Å². The zero-order valence-corrected chi connectivity index (χ0v) is 12.1. The average Bonchev–Trinajstić information content (AvgIpc) is 2.44. The molecule has 5 heteroatoms. The van der Waals surface area contributed by atoms with E-state index in [2.05, 4.69) is 0 Å². The van der Waals surface area contributed by atoms with Crippen molar-refractivity contribution in [2.45, 2.75) is 39.3 Å². The Kier molecular flexibility index (Phi) is 4.60. The molecular formula is C15H22N2O3. The Hall–Kier alpha value is -1.62. The van der Waals surface area contributed by atoms with Crippen LogP contribution in [0.15, 0.2) is 23.1 Å². The number of piperidine rings is 1. The van der Waals surface area contributed by atoms with Gasteiger partial charge in [0.15, 0.2) is 0 Å². The molecule has 2 atom stereocenters. The number of aryl methyl sites for hydroxylation is 1. The third-order valence-corrected chi connectivity index (χ3v) is 4.07. The number of likely N-dealkylation sites (tertiary alicyclic amines) is 1. The normalized spacial score (nSPS) is 22.9. The predicted molar refractivity (Wildman–Crippen MR) is 76.4 cm³/mol. The van der Waals surface area contributed by atoms with Crippen LogP contribution in [0.2, 0.25) is 0 Å². The highest BCUT2D eigenvalue weighted by atomic mass is 16.3. The molecule has 0 aromatic carbocycles. The first-order chi connectivity index (χ1) is 9.52. The van der Waals surface area contributed by atoms with Crippen molar-refractivity contribution in [1.29, 1.82) is 0 Å². The van der Waals surface area contributed by atoms with Crippen LogP contribution in [-0.4, -0.2) is 39.7 Å². The molecule has 1 aliphatic rings. The molecule has 1 aromatic rings. The molecule has 20 heavy (non-hydrogen) atoms. The number of carbonyl (C=O) groups excluding carboxylic acids is 1. The highest BCUT2D eigenvalue weighted by Gasteiger charge is 2.28. The van der Waals surface area contributed by atoms with Crippen molar-refractivity contribution >= 4 is 5.91 Å². The van der Waals surface area contributed by atoms with Gasteiger partial charge in [0.05, 0.1) is 0 Å². The van der Waals surface area contributed by atoms with Crippen molar-refractivity contribution in [1.82, 2.24) is 9.47 Å². The van der Waals surface area contributed by atoms with Gasteiger partial charge in [-0.05, 0) is 38.7 Å². The van der Waals surface area contributed by atoms with E-state index in [-0.39, 0.29) is 36.6 Å². The molecule has 1 N–H and O–H groups in total. The molecule has 1 aromatic heterocycles. The van der Waals surface area contributed by atoms with Gasteiger partial charge in [-0.1, -0.05) is 6.07 Å². The molecule has 1 fully saturated rings. The van der Waals surface area contributed by atoms with Gasteiger partial charge in [-0.2, -0.15) is 0 Å². The van der Waals surface area contributed by atoms with E-state index >= 15 is 0 Å². The van der Waals surface area contributed by atoms with E-state index in [1.54, 1.807) is 30.2 Å². The summed E-state index contributed by atoms with van der Waals surface area (Å²) in [5.74, 6) is 0.104. The van der Waals surface area contributed by atoms with Crippen molar-refractivity contribution in [3.63, 3.8) is 0 Å². The van der Waals surface area contributed by atoms with E-state index in [9.17, 15) is 14.7 Å². The van der Waals surface area contributed by atoms with Crippen LogP contribution in [0.25, 0.3) is 0 Å². The maximum Gasteiger partial charge on any atom is 0.253 e. The van der Waals surface area contributed by atoms with Gasteiger partial charge in [-0.3, -0.25) is 9.59 Å². The third kappa shape index (κ3) is 3.10. The molecule has 2 heterocycles. The number of nitrogens with zero attached hydrogens (tertiary/aromatic N) is 2. The van der Waals surface area contributed by atoms with Crippen LogP contribution in [0.1, 0.15) is 25.3 Å². The number of aromatic nitrogens is 1. The topological polar surface area (TPSA) is 62.5 Å². The van der Waals surface area contributed by atoms with Gasteiger partial charge in [-0.15, -0.1) is 0 Å². The molecule has 0 bridgehead atoms. The summed E-state index contributed by atoms with van der Waals surface area (Å²) in [5.41, 5.74) is 0.518. The summed E-state index contributed by atoms with van der Waals surface area (Å²) >= 11 is 0. The van der Waals surface area contributed by atoms with E-state index in [1.807, 2.05) is 6.92 Å². The summed E-state index contributed by atoms with van der Waals surface area (Å²) < 4.78 is 1.45. The van der Waals surface area contributed by atoms with Gasteiger partial charge in [0.1, 0.15) is 6.54 Å². The Bertz CT molecular complexity index is 538. The van der Waals surface area contributed by atoms with Crippen LogP contribution >= 0.6 is 0 Å². The number of hydrogen-bond donors (Lipinski definition) is 1. The van der Waals surface area contributed by atoms with Crippen LogP contribution in [0, 0.1) is 12.8 Å². The first kappa shape index (κ1) is 14.8. The zero-order chi connectivity index (χ0) is 14.7. The molecule has 1 saturated heterocycles. The summed E-state index contributed by atoms with van der Waals surface area (Å²) in [4.78, 5) is 26.1. The number of hydrogen-bond acceptors (Lipinski definition) is 3. The maximum absolute atomic E-state index is 12.4. The lowest BCUT2D eigenvalue weighted by molar-refractivity contribution is -0.136. The quantitative estimate of drug-likeness (QED) is 0.888. The van der Waals surface area contributed by atoms with Gasteiger partial charge in [0.2, 0.25) is 5.91 Å². The molecule has 0 aliphatic carbocycles. The van der Waals surface area contributed by atoms with Crippen LogP contribution in [-0.2, 0) is 11.3 Å². The lowest BCUT2D eigenvalue weighted by Crippen LogP contribution is -2.48. The number of aliphatic hydroxyl groups excluding tert-OH is 1. The Labute approximate surface area is 118 Å². The highest BCUT2D eigenvalue weighted by molar-refractivity contribution is 5.76. The molecule has 1 amide bonds. The number of pyridine rings is 1. The van der Waals surface area contributed by atoms with Gasteiger partial charge in [-0.25, -0.2) is 0 Å². The van der Waals surface area contributed by atoms with E-state index in [1.165, 1.54) is 4.57 Å². The standard InChI is InChI=1S/C15H22N2O3/c1-11-4-3-7-16(15(11)20)9-14(19)17-8-13(10-18)6-5-12(17)2/h3-4,7,12-13,18H,5-6,8-10H2,1-2H3. The van der Waals surface area contributed by atoms with E-state index < -0.39 is 0 Å². The summed E-state index contributed by atoms with van der Waals surface area (Å²) in [6.07, 6.45) is 3.50. The monoisotopic (exact) mass is 278 g/mol. The van der Waals surface area contributed by atoms with Crippen molar-refractivity contribution < 1.29 is 9.90 Å². The summed E-state index contributed by atoms with van der Waals surface area (Å²) in [6, 6.07) is 3.69. The maximum atomic E-state index is 12.4. The lowest BCUT2D eigenvalue weighted by Gasteiger charge is -2.37. The Balaban J connectivity index is 2.11. The summed E-state index contributed by atoms with van der Waals surface area (Å²) in [5, 5.41) is 9.25. The second-order valence-electron chi connectivity index (χ2n) is 5.65. The zero-order valence-electron chi connectivity index (χ0n) is 12.1. The summed E-state index contributed by atoms with van der Waals surface area (Å²) in [6.45, 7) is 4.53. The minimum atomic E-state index is -0.121. The fourth-order valence-electron chi connectivity index (χ4n) is 2.70. The fourth-order valence-corrected chi connectivity index (χ4v) is 2.70. The van der Waals surface area contributed by atoms with Crippen molar-refractivity contribution in [2.75, 3.05) is 13.2 Å². The molecule has 0 saturated carbocycles. The molecule has 1 aliphatic heterocycles. The second-order valence-corrected chi connectivity index (χ2v) is 5.65. The molecule has 2 rings (SSSR count). The minimum absolute atomic E-state index is 0.0525. The first-order valence-corrected chi connectivity index (χ1v) is 7.09. The number of amides is 1. The number of carbonyl (C=O) groups is 1. The minimum Gasteiger partial charge on any atom is -0.396 e. The van der Waals surface area contributed by atoms with Crippen molar-refractivity contribution in [2.24, 2.45) is 5.92 Å². The summed E-state index contributed by atoms with van der Waals surface area (Å²) in [7, 11) is 0. The molecule has 110 valence electrons. The molecule has 0 radical (unpaired) electrons. The van der Waals surface area contributed by atoms with Crippen molar-refractivity contribution in [3.8, 4) is 0 Å². The molecule has 2 unspecified atom stereocenters. The highest BCUT2D eigenvalue weighted by Crippen LogP contribution is 2.21. The van der Waals surface area contributed by atoms with Crippen molar-refractivity contribution in [3.05, 3.63) is 34.2 Å². The van der Waals surface area contributed by atoms with Gasteiger partial charge in [0, 0.05) is 31.0 Å². The van der Waals surface area contributed by atoms with Gasteiger partial charge in [0.25, 0.3) is 5.56 Å². The predicted octanol–water partition coefficient (Wildman–Crippen LogP) is 0.776. The first-order valence-electron chi connectivity index (χ1n) is 7.09. The molecular weight excluding hydrogens is 256 g/mol. The second kappa shape index (κ2) is 6.22. The SMILES string of the molecule is Cc1cccn(CC(=O)N2CC(CO)CCC2C)c1=O. The largest absolute Gasteiger partial charge is 0.396 e. The van der Waals surface area contributed by atoms with E-state index in [0.717, 1.165) is 12.8 Å². The molecule has 0 spiro atoms. The lowest BCUT2D eigenvalue weighted by atomic mass is 9.94. The Morgan fingerprint density at radius 3 is 2.90 bits per heavy atom. The number of aliphatic hydroxyl groups is 1. The third-order valence-electron chi connectivity index (χ3n) is 4.07. The van der Waals surface area contributed by atoms with Gasteiger partial charge < -0.3 is 14.6 Å². The smallest absolute Gasteiger partial charge is 0.253 e. The van der Waals surface area contributed by atoms with E-state index in [4.69, 9.17) is 0 Å². The Morgan fingerprint density at radius 1 is 1.45 bits per heavy atom. The fraction of sp³-hybridized carbons (Fsp3) is 0.600. The average molecular weight is 278 g/mol. The van der Waals surface area contributed by atoms with Crippen LogP contribution in [0.4, 0.5) is 0 Å².